The molecule has 0 aliphatic rings. The van der Waals surface area contributed by atoms with Gasteiger partial charge in [-0.3, -0.25) is 4.79 Å². The topological polar surface area (TPSA) is 26.3 Å². The molecule has 1 aromatic rings. The molecule has 0 saturated heterocycles. The second kappa shape index (κ2) is 5.00. The molecule has 0 aromatic heterocycles. The van der Waals surface area contributed by atoms with Crippen molar-refractivity contribution in [2.75, 3.05) is 13.7 Å². The molecule has 0 saturated carbocycles. The van der Waals surface area contributed by atoms with Crippen LogP contribution in [0.15, 0.2) is 30.3 Å². The van der Waals surface area contributed by atoms with Crippen molar-refractivity contribution in [3.8, 4) is 0 Å². The second-order valence-electron chi connectivity index (χ2n) is 2.72. The van der Waals surface area contributed by atoms with E-state index in [4.69, 9.17) is 16.3 Å². The van der Waals surface area contributed by atoms with Crippen molar-refractivity contribution < 1.29 is 9.53 Å². The number of rotatable bonds is 4. The van der Waals surface area contributed by atoms with Crippen LogP contribution in [-0.4, -0.2) is 19.0 Å². The van der Waals surface area contributed by atoms with Gasteiger partial charge in [-0.2, -0.15) is 0 Å². The van der Waals surface area contributed by atoms with Crippen LogP contribution in [0.1, 0.15) is 11.5 Å². The predicted molar refractivity (Wildman–Crippen MR) is 51.9 cm³/mol. The summed E-state index contributed by atoms with van der Waals surface area (Å²) in [5.41, 5.74) is 0.893. The quantitative estimate of drug-likeness (QED) is 0.694. The summed E-state index contributed by atoms with van der Waals surface area (Å²) in [7, 11) is 1.55. The van der Waals surface area contributed by atoms with E-state index >= 15 is 0 Å². The first-order chi connectivity index (χ1) is 6.25. The highest BCUT2D eigenvalue weighted by molar-refractivity contribution is 6.64. The highest BCUT2D eigenvalue weighted by Gasteiger charge is 2.17. The van der Waals surface area contributed by atoms with Crippen LogP contribution in [0.4, 0.5) is 0 Å². The molecule has 0 fully saturated rings. The highest BCUT2D eigenvalue weighted by Crippen LogP contribution is 2.18. The molecule has 0 spiro atoms. The van der Waals surface area contributed by atoms with Gasteiger partial charge in [0, 0.05) is 7.11 Å². The maximum atomic E-state index is 11.0. The van der Waals surface area contributed by atoms with Gasteiger partial charge < -0.3 is 4.74 Å². The van der Waals surface area contributed by atoms with Gasteiger partial charge in [-0.15, -0.1) is 0 Å². The van der Waals surface area contributed by atoms with Crippen LogP contribution in [0.25, 0.3) is 0 Å². The largest absolute Gasteiger partial charge is 0.384 e. The van der Waals surface area contributed by atoms with Crippen LogP contribution in [-0.2, 0) is 9.53 Å². The van der Waals surface area contributed by atoms with Crippen LogP contribution in [0, 0.1) is 0 Å². The Balaban J connectivity index is 2.82. The molecule has 0 radical (unpaired) electrons. The Bertz CT molecular complexity index is 272. The molecule has 70 valence electrons. The number of ether oxygens (including phenoxy) is 1. The van der Waals surface area contributed by atoms with Crippen LogP contribution < -0.4 is 0 Å². The van der Waals surface area contributed by atoms with Gasteiger partial charge in [-0.25, -0.2) is 0 Å². The maximum Gasteiger partial charge on any atom is 0.231 e. The third-order valence-electron chi connectivity index (χ3n) is 1.81. The Morgan fingerprint density at radius 2 is 2.08 bits per heavy atom. The van der Waals surface area contributed by atoms with E-state index in [1.807, 2.05) is 30.3 Å². The fourth-order valence-electron chi connectivity index (χ4n) is 1.14. The van der Waals surface area contributed by atoms with Crippen molar-refractivity contribution in [1.82, 2.24) is 0 Å². The summed E-state index contributed by atoms with van der Waals surface area (Å²) >= 11 is 5.44. The molecule has 0 heterocycles. The number of benzene rings is 1. The normalized spacial score (nSPS) is 12.5. The van der Waals surface area contributed by atoms with E-state index in [-0.39, 0.29) is 11.2 Å². The zero-order valence-corrected chi connectivity index (χ0v) is 8.12. The minimum atomic E-state index is -0.381. The van der Waals surface area contributed by atoms with Crippen molar-refractivity contribution >= 4 is 16.8 Å². The first kappa shape index (κ1) is 10.2. The van der Waals surface area contributed by atoms with Gasteiger partial charge >= 0.3 is 0 Å². The molecule has 1 aromatic carbocycles. The monoisotopic (exact) mass is 198 g/mol. The van der Waals surface area contributed by atoms with Gasteiger partial charge in [-0.05, 0) is 17.2 Å². The molecular formula is C10H11ClO2. The standard InChI is InChI=1S/C10H11ClO2/c1-13-7-9(10(11)12)8-5-3-2-4-6-8/h2-6,9H,7H2,1H3. The highest BCUT2D eigenvalue weighted by atomic mass is 35.5. The fraction of sp³-hybridized carbons (Fsp3) is 0.300. The summed E-state index contributed by atoms with van der Waals surface area (Å²) in [6.07, 6.45) is 0. The molecule has 1 unspecified atom stereocenters. The summed E-state index contributed by atoms with van der Waals surface area (Å²) in [5.74, 6) is -0.354. The van der Waals surface area contributed by atoms with Gasteiger partial charge in [0.2, 0.25) is 5.24 Å². The van der Waals surface area contributed by atoms with E-state index in [1.54, 1.807) is 7.11 Å². The zero-order chi connectivity index (χ0) is 9.68. The third-order valence-corrected chi connectivity index (χ3v) is 2.07. The number of carbonyl (C=O) groups excluding carboxylic acids is 1. The average Bonchev–Trinajstić information content (AvgIpc) is 2.15. The summed E-state index contributed by atoms with van der Waals surface area (Å²) in [6.45, 7) is 0.326. The Kier molecular flexibility index (Phi) is 3.93. The fourth-order valence-corrected chi connectivity index (χ4v) is 1.33. The SMILES string of the molecule is COCC(C(=O)Cl)c1ccccc1. The van der Waals surface area contributed by atoms with E-state index in [0.29, 0.717) is 6.61 Å². The Hall–Kier alpha value is -0.860. The van der Waals surface area contributed by atoms with Crippen LogP contribution >= 0.6 is 11.6 Å². The van der Waals surface area contributed by atoms with Gasteiger partial charge in [0.15, 0.2) is 0 Å². The molecule has 0 aliphatic heterocycles. The van der Waals surface area contributed by atoms with E-state index in [1.165, 1.54) is 0 Å². The first-order valence-electron chi connectivity index (χ1n) is 3.99. The van der Waals surface area contributed by atoms with Gasteiger partial charge in [0.05, 0.1) is 12.5 Å². The molecule has 0 aliphatic carbocycles. The van der Waals surface area contributed by atoms with Crippen molar-refractivity contribution in [2.24, 2.45) is 0 Å². The molecule has 2 nitrogen and oxygen atoms in total. The second-order valence-corrected chi connectivity index (χ2v) is 3.10. The molecule has 1 atom stereocenters. The lowest BCUT2D eigenvalue weighted by Crippen LogP contribution is -2.12. The van der Waals surface area contributed by atoms with Crippen molar-refractivity contribution in [1.29, 1.82) is 0 Å². The summed E-state index contributed by atoms with van der Waals surface area (Å²) in [4.78, 5) is 11.0. The van der Waals surface area contributed by atoms with Crippen molar-refractivity contribution in [3.05, 3.63) is 35.9 Å². The van der Waals surface area contributed by atoms with Crippen molar-refractivity contribution in [2.45, 2.75) is 5.92 Å². The van der Waals surface area contributed by atoms with E-state index in [9.17, 15) is 4.79 Å². The number of hydrogen-bond donors (Lipinski definition) is 0. The van der Waals surface area contributed by atoms with Crippen molar-refractivity contribution in [3.63, 3.8) is 0 Å². The van der Waals surface area contributed by atoms with E-state index < -0.39 is 0 Å². The third kappa shape index (κ3) is 2.83. The molecular weight excluding hydrogens is 188 g/mol. The Labute approximate surface area is 82.5 Å². The Morgan fingerprint density at radius 1 is 1.46 bits per heavy atom. The lowest BCUT2D eigenvalue weighted by Gasteiger charge is -2.10. The van der Waals surface area contributed by atoms with Gasteiger partial charge in [0.1, 0.15) is 0 Å². The predicted octanol–water partition coefficient (Wildman–Crippen LogP) is 2.18. The zero-order valence-electron chi connectivity index (χ0n) is 7.37. The minimum absolute atomic E-state index is 0.326. The van der Waals surface area contributed by atoms with Crippen LogP contribution in [0.2, 0.25) is 0 Å². The average molecular weight is 199 g/mol. The lowest BCUT2D eigenvalue weighted by molar-refractivity contribution is -0.114. The minimum Gasteiger partial charge on any atom is -0.384 e. The van der Waals surface area contributed by atoms with E-state index in [0.717, 1.165) is 5.56 Å². The van der Waals surface area contributed by atoms with Crippen LogP contribution in [0.5, 0.6) is 0 Å². The van der Waals surface area contributed by atoms with E-state index in [2.05, 4.69) is 0 Å². The van der Waals surface area contributed by atoms with Gasteiger partial charge in [0.25, 0.3) is 0 Å². The first-order valence-corrected chi connectivity index (χ1v) is 4.36. The molecule has 3 heteroatoms. The molecule has 0 N–H and O–H groups in total. The molecule has 13 heavy (non-hydrogen) atoms. The smallest absolute Gasteiger partial charge is 0.231 e. The lowest BCUT2D eigenvalue weighted by atomic mass is 10.0. The number of halogens is 1. The summed E-state index contributed by atoms with van der Waals surface area (Å²) in [5, 5.41) is -0.381. The number of methoxy groups -OCH3 is 1. The molecule has 0 amide bonds. The summed E-state index contributed by atoms with van der Waals surface area (Å²) in [6, 6.07) is 9.37. The molecule has 1 rings (SSSR count). The number of carbonyl (C=O) groups is 1. The van der Waals surface area contributed by atoms with Crippen LogP contribution in [0.3, 0.4) is 0 Å². The van der Waals surface area contributed by atoms with Gasteiger partial charge in [-0.1, -0.05) is 30.3 Å². The maximum absolute atomic E-state index is 11.0. The Morgan fingerprint density at radius 3 is 2.54 bits per heavy atom. The summed E-state index contributed by atoms with van der Waals surface area (Å²) < 4.78 is 4.91. The number of hydrogen-bond acceptors (Lipinski definition) is 2. The molecule has 0 bridgehead atoms.